The predicted molar refractivity (Wildman–Crippen MR) is 159 cm³/mol. The molecule has 1 aliphatic rings. The summed E-state index contributed by atoms with van der Waals surface area (Å²) in [5.74, 6) is 2.12. The molecule has 208 valence electrons. The molecule has 0 fully saturated rings. The first-order chi connectivity index (χ1) is 19.5. The molecule has 1 heterocycles. The minimum absolute atomic E-state index is 0.0310. The zero-order valence-electron chi connectivity index (χ0n) is 22.8. The van der Waals surface area contributed by atoms with Crippen LogP contribution in [0.15, 0.2) is 91.0 Å². The van der Waals surface area contributed by atoms with Crippen LogP contribution in [-0.2, 0) is 19.4 Å². The molecule has 5 rings (SSSR count). The van der Waals surface area contributed by atoms with E-state index in [4.69, 9.17) is 25.7 Å². The van der Waals surface area contributed by atoms with Crippen molar-refractivity contribution in [2.45, 2.75) is 31.6 Å². The van der Waals surface area contributed by atoms with Gasteiger partial charge in [0.1, 0.15) is 25.1 Å². The summed E-state index contributed by atoms with van der Waals surface area (Å²) in [6.45, 7) is 1.92. The Kier molecular flexibility index (Phi) is 8.74. The Balaban J connectivity index is 1.38. The highest BCUT2D eigenvalue weighted by atomic mass is 16.5. The molecule has 0 aromatic heterocycles. The third kappa shape index (κ3) is 6.86. The number of nitrogens with two attached hydrogens (primary N) is 2. The van der Waals surface area contributed by atoms with Gasteiger partial charge in [-0.3, -0.25) is 4.90 Å². The molecule has 2 atom stereocenters. The third-order valence-corrected chi connectivity index (χ3v) is 7.31. The molecule has 4 aromatic carbocycles. The zero-order chi connectivity index (χ0) is 27.9. The molecule has 7 nitrogen and oxygen atoms in total. The number of ether oxygens (including phenoxy) is 3. The van der Waals surface area contributed by atoms with Crippen LogP contribution in [0.1, 0.15) is 28.3 Å². The van der Waals surface area contributed by atoms with Crippen LogP contribution >= 0.6 is 0 Å². The van der Waals surface area contributed by atoms with Crippen LogP contribution in [0.25, 0.3) is 0 Å². The highest BCUT2D eigenvalue weighted by Crippen LogP contribution is 2.40. The van der Waals surface area contributed by atoms with E-state index in [0.29, 0.717) is 30.3 Å². The van der Waals surface area contributed by atoms with E-state index in [9.17, 15) is 5.11 Å². The van der Waals surface area contributed by atoms with Crippen molar-refractivity contribution in [3.8, 4) is 17.2 Å². The summed E-state index contributed by atoms with van der Waals surface area (Å²) in [6.07, 6.45) is 0.942. The summed E-state index contributed by atoms with van der Waals surface area (Å²) >= 11 is 0. The van der Waals surface area contributed by atoms with Crippen LogP contribution in [0.4, 0.5) is 11.4 Å². The van der Waals surface area contributed by atoms with E-state index in [2.05, 4.69) is 29.2 Å². The van der Waals surface area contributed by atoms with Gasteiger partial charge in [-0.2, -0.15) is 0 Å². The summed E-state index contributed by atoms with van der Waals surface area (Å²) in [5, 5.41) is 11.0. The van der Waals surface area contributed by atoms with Gasteiger partial charge >= 0.3 is 0 Å². The van der Waals surface area contributed by atoms with E-state index in [1.165, 1.54) is 16.7 Å². The van der Waals surface area contributed by atoms with Crippen molar-refractivity contribution in [2.75, 3.05) is 38.3 Å². The highest BCUT2D eigenvalue weighted by Gasteiger charge is 2.31. The first-order valence-corrected chi connectivity index (χ1v) is 13.6. The number of hydrogen-bond donors (Lipinski definition) is 3. The number of aliphatic hydroxyl groups excluding tert-OH is 1. The molecule has 40 heavy (non-hydrogen) atoms. The summed E-state index contributed by atoms with van der Waals surface area (Å²) in [5.41, 5.74) is 17.8. The van der Waals surface area contributed by atoms with Crippen molar-refractivity contribution in [3.63, 3.8) is 0 Å². The molecular formula is C33H37N3O4. The minimum atomic E-state index is -0.667. The van der Waals surface area contributed by atoms with Crippen LogP contribution in [0.2, 0.25) is 0 Å². The number of aliphatic hydroxyl groups is 1. The lowest BCUT2D eigenvalue weighted by Gasteiger charge is -2.39. The average molecular weight is 540 g/mol. The van der Waals surface area contributed by atoms with Gasteiger partial charge in [0.2, 0.25) is 0 Å². The molecule has 4 aromatic rings. The number of anilines is 2. The molecule has 0 saturated carbocycles. The summed E-state index contributed by atoms with van der Waals surface area (Å²) in [7, 11) is 1.68. The number of rotatable bonds is 11. The molecule has 2 unspecified atom stereocenters. The third-order valence-electron chi connectivity index (χ3n) is 7.31. The lowest BCUT2D eigenvalue weighted by Crippen LogP contribution is -2.42. The first-order valence-electron chi connectivity index (χ1n) is 13.6. The van der Waals surface area contributed by atoms with Crippen molar-refractivity contribution in [1.29, 1.82) is 0 Å². The van der Waals surface area contributed by atoms with E-state index in [0.717, 1.165) is 36.4 Å². The van der Waals surface area contributed by atoms with Gasteiger partial charge in [0.25, 0.3) is 0 Å². The molecule has 0 saturated heterocycles. The van der Waals surface area contributed by atoms with Gasteiger partial charge < -0.3 is 30.8 Å². The fraction of sp³-hybridized carbons (Fsp3) is 0.273. The van der Waals surface area contributed by atoms with Crippen molar-refractivity contribution in [2.24, 2.45) is 0 Å². The second-order valence-electron chi connectivity index (χ2n) is 10.2. The van der Waals surface area contributed by atoms with E-state index in [1.54, 1.807) is 19.2 Å². The molecule has 0 bridgehead atoms. The molecule has 1 aliphatic heterocycles. The number of hydrogen-bond acceptors (Lipinski definition) is 7. The van der Waals surface area contributed by atoms with Gasteiger partial charge in [0.15, 0.2) is 11.5 Å². The molecule has 0 aliphatic carbocycles. The van der Waals surface area contributed by atoms with Crippen molar-refractivity contribution in [1.82, 2.24) is 4.90 Å². The Morgan fingerprint density at radius 1 is 0.850 bits per heavy atom. The standard InChI is InChI=1S/C33H37N3O4/c1-38-32-18-25-15-16-36(20-28(37)22-39-29-13-11-27(35)12-14-29)31(17-23-7-9-26(34)10-8-23)30(25)19-33(32)40-21-24-5-3-2-4-6-24/h2-14,18-19,28,31,37H,15-17,20-22,34-35H2,1H3. The summed E-state index contributed by atoms with van der Waals surface area (Å²) in [4.78, 5) is 2.34. The highest BCUT2D eigenvalue weighted by molar-refractivity contribution is 5.50. The van der Waals surface area contributed by atoms with E-state index >= 15 is 0 Å². The molecule has 0 radical (unpaired) electrons. The zero-order valence-corrected chi connectivity index (χ0v) is 22.8. The average Bonchev–Trinajstić information content (AvgIpc) is 2.98. The normalized spacial score (nSPS) is 15.7. The van der Waals surface area contributed by atoms with Crippen LogP contribution in [0.5, 0.6) is 17.2 Å². The van der Waals surface area contributed by atoms with Crippen molar-refractivity contribution < 1.29 is 19.3 Å². The fourth-order valence-corrected chi connectivity index (χ4v) is 5.18. The minimum Gasteiger partial charge on any atom is -0.493 e. The van der Waals surface area contributed by atoms with Crippen molar-refractivity contribution >= 4 is 11.4 Å². The number of β-amino-alcohol motifs (C(OH)–C–C–N with tert-alkyl or cyclic N) is 1. The van der Waals surface area contributed by atoms with Crippen LogP contribution < -0.4 is 25.7 Å². The van der Waals surface area contributed by atoms with Crippen molar-refractivity contribution in [3.05, 3.63) is 113 Å². The molecular weight excluding hydrogens is 502 g/mol. The van der Waals surface area contributed by atoms with Gasteiger partial charge in [-0.25, -0.2) is 0 Å². The number of benzene rings is 4. The monoisotopic (exact) mass is 539 g/mol. The first kappa shape index (κ1) is 27.4. The lowest BCUT2D eigenvalue weighted by molar-refractivity contribution is 0.0482. The Morgan fingerprint density at radius 2 is 1.55 bits per heavy atom. The number of methoxy groups -OCH3 is 1. The second-order valence-corrected chi connectivity index (χ2v) is 10.2. The van der Waals surface area contributed by atoms with Crippen LogP contribution in [0, 0.1) is 0 Å². The quantitative estimate of drug-likeness (QED) is 0.230. The van der Waals surface area contributed by atoms with E-state index in [-0.39, 0.29) is 12.6 Å². The Labute approximate surface area is 235 Å². The number of nitrogen functional groups attached to an aromatic ring is 2. The van der Waals surface area contributed by atoms with Gasteiger partial charge in [-0.05, 0) is 83.6 Å². The Hall–Kier alpha value is -4.20. The molecule has 0 spiro atoms. The lowest BCUT2D eigenvalue weighted by atomic mass is 9.88. The molecule has 7 heteroatoms. The van der Waals surface area contributed by atoms with Gasteiger partial charge in [-0.1, -0.05) is 42.5 Å². The van der Waals surface area contributed by atoms with E-state index in [1.807, 2.05) is 54.6 Å². The topological polar surface area (TPSA) is 103 Å². The smallest absolute Gasteiger partial charge is 0.162 e. The van der Waals surface area contributed by atoms with Crippen LogP contribution in [-0.4, -0.2) is 42.9 Å². The predicted octanol–water partition coefficient (Wildman–Crippen LogP) is 5.02. The summed E-state index contributed by atoms with van der Waals surface area (Å²) < 4.78 is 17.8. The van der Waals surface area contributed by atoms with Crippen LogP contribution in [0.3, 0.4) is 0 Å². The Morgan fingerprint density at radius 3 is 2.25 bits per heavy atom. The largest absolute Gasteiger partial charge is 0.493 e. The SMILES string of the molecule is COc1cc2c(cc1OCc1ccccc1)C(Cc1ccc(N)cc1)N(CC(O)COc1ccc(N)cc1)CC2. The number of nitrogens with zero attached hydrogens (tertiary/aromatic N) is 1. The second kappa shape index (κ2) is 12.8. The molecule has 5 N–H and O–H groups in total. The molecule has 0 amide bonds. The number of fused-ring (bicyclic) bond motifs is 1. The maximum Gasteiger partial charge on any atom is 0.162 e. The fourth-order valence-electron chi connectivity index (χ4n) is 5.18. The van der Waals surface area contributed by atoms with E-state index < -0.39 is 6.10 Å². The Bertz CT molecular complexity index is 1380. The maximum atomic E-state index is 11.0. The summed E-state index contributed by atoms with van der Waals surface area (Å²) in [6, 6.07) is 29.5. The van der Waals surface area contributed by atoms with Gasteiger partial charge in [0, 0.05) is 30.5 Å². The van der Waals surface area contributed by atoms with Gasteiger partial charge in [0.05, 0.1) is 7.11 Å². The maximum absolute atomic E-state index is 11.0. The van der Waals surface area contributed by atoms with Gasteiger partial charge in [-0.15, -0.1) is 0 Å².